The molecular formula is C16H15BrFNO3. The lowest BCUT2D eigenvalue weighted by molar-refractivity contribution is -0.683. The van der Waals surface area contributed by atoms with Crippen LogP contribution in [-0.2, 0) is 11.3 Å². The van der Waals surface area contributed by atoms with Crippen LogP contribution in [0, 0.1) is 5.82 Å². The maximum absolute atomic E-state index is 12.8. The number of pyridine rings is 1. The monoisotopic (exact) mass is 367 g/mol. The van der Waals surface area contributed by atoms with E-state index in [4.69, 9.17) is 4.74 Å². The van der Waals surface area contributed by atoms with E-state index in [2.05, 4.69) is 0 Å². The Labute approximate surface area is 138 Å². The summed E-state index contributed by atoms with van der Waals surface area (Å²) in [6.07, 6.45) is 3.24. The molecule has 0 bridgehead atoms. The van der Waals surface area contributed by atoms with E-state index in [1.807, 2.05) is 0 Å². The van der Waals surface area contributed by atoms with Crippen molar-refractivity contribution in [3.8, 4) is 0 Å². The molecule has 0 aliphatic heterocycles. The van der Waals surface area contributed by atoms with E-state index in [1.54, 1.807) is 36.0 Å². The first kappa shape index (κ1) is 18.0. The number of carbonyl (C=O) groups excluding carboxylic acids is 2. The van der Waals surface area contributed by atoms with Crippen LogP contribution in [0.25, 0.3) is 0 Å². The second kappa shape index (κ2) is 8.38. The number of nitrogens with zero attached hydrogens (tertiary/aromatic N) is 1. The summed E-state index contributed by atoms with van der Waals surface area (Å²) >= 11 is 0. The normalized spacial score (nSPS) is 9.73. The number of carbonyl (C=O) groups is 2. The molecule has 0 fully saturated rings. The van der Waals surface area contributed by atoms with E-state index in [9.17, 15) is 14.0 Å². The second-order valence-corrected chi connectivity index (χ2v) is 4.42. The molecule has 0 saturated heterocycles. The standard InChI is InChI=1S/C16H15FNO3.BrH/c1-2-21-16(20)13-4-3-9-18(10-13)11-15(19)12-5-7-14(17)8-6-12;/h3-10H,2,11H2,1H3;1H/q+1;/p-1. The van der Waals surface area contributed by atoms with Gasteiger partial charge in [0.2, 0.25) is 12.3 Å². The average molecular weight is 368 g/mol. The average Bonchev–Trinajstić information content (AvgIpc) is 2.48. The van der Waals surface area contributed by atoms with Crippen LogP contribution >= 0.6 is 0 Å². The van der Waals surface area contributed by atoms with Crippen LogP contribution in [0.3, 0.4) is 0 Å². The summed E-state index contributed by atoms with van der Waals surface area (Å²) in [5.74, 6) is -0.981. The molecular weight excluding hydrogens is 353 g/mol. The number of esters is 1. The Bertz CT molecular complexity index is 659. The minimum absolute atomic E-state index is 0. The maximum Gasteiger partial charge on any atom is 0.344 e. The quantitative estimate of drug-likeness (QED) is 0.394. The third-order valence-corrected chi connectivity index (χ3v) is 2.86. The van der Waals surface area contributed by atoms with Crippen molar-refractivity contribution >= 4 is 11.8 Å². The fourth-order valence-electron chi connectivity index (χ4n) is 1.85. The largest absolute Gasteiger partial charge is 1.00 e. The summed E-state index contributed by atoms with van der Waals surface area (Å²) in [7, 11) is 0. The van der Waals surface area contributed by atoms with Crippen LogP contribution in [0.5, 0.6) is 0 Å². The summed E-state index contributed by atoms with van der Waals surface area (Å²) < 4.78 is 19.3. The molecule has 1 aromatic carbocycles. The fourth-order valence-corrected chi connectivity index (χ4v) is 1.85. The Morgan fingerprint density at radius 1 is 1.14 bits per heavy atom. The number of rotatable bonds is 5. The third-order valence-electron chi connectivity index (χ3n) is 2.86. The van der Waals surface area contributed by atoms with Gasteiger partial charge in [-0.05, 0) is 37.3 Å². The van der Waals surface area contributed by atoms with Crippen molar-refractivity contribution in [3.05, 3.63) is 65.7 Å². The van der Waals surface area contributed by atoms with E-state index < -0.39 is 5.97 Å². The van der Waals surface area contributed by atoms with Gasteiger partial charge in [-0.3, -0.25) is 4.79 Å². The lowest BCUT2D eigenvalue weighted by Gasteiger charge is -2.01. The van der Waals surface area contributed by atoms with Gasteiger partial charge in [0.05, 0.1) is 6.61 Å². The van der Waals surface area contributed by atoms with Gasteiger partial charge in [-0.1, -0.05) is 0 Å². The van der Waals surface area contributed by atoms with Gasteiger partial charge in [0.1, 0.15) is 11.4 Å². The van der Waals surface area contributed by atoms with E-state index >= 15 is 0 Å². The van der Waals surface area contributed by atoms with Crippen molar-refractivity contribution in [2.75, 3.05) is 6.61 Å². The van der Waals surface area contributed by atoms with Crippen molar-refractivity contribution < 1.29 is 40.3 Å². The Balaban J connectivity index is 0.00000242. The number of Topliss-reactive ketones (excluding diaryl/α,β-unsaturated/α-hetero) is 1. The van der Waals surface area contributed by atoms with Gasteiger partial charge in [-0.15, -0.1) is 0 Å². The Morgan fingerprint density at radius 3 is 2.45 bits per heavy atom. The van der Waals surface area contributed by atoms with E-state index in [0.29, 0.717) is 17.7 Å². The molecule has 2 aromatic rings. The van der Waals surface area contributed by atoms with E-state index in [-0.39, 0.29) is 35.1 Å². The Kier molecular flexibility index (Phi) is 6.85. The van der Waals surface area contributed by atoms with Crippen LogP contribution in [0.15, 0.2) is 48.8 Å². The first-order chi connectivity index (χ1) is 10.1. The molecule has 0 amide bonds. The summed E-state index contributed by atoms with van der Waals surface area (Å²) in [5, 5.41) is 0. The molecule has 116 valence electrons. The predicted octanol–water partition coefficient (Wildman–Crippen LogP) is -0.823. The van der Waals surface area contributed by atoms with Crippen LogP contribution in [0.4, 0.5) is 4.39 Å². The predicted molar refractivity (Wildman–Crippen MR) is 73.3 cm³/mol. The lowest BCUT2D eigenvalue weighted by Crippen LogP contribution is -3.00. The van der Waals surface area contributed by atoms with E-state index in [1.165, 1.54) is 24.3 Å². The molecule has 0 unspecified atom stereocenters. The number of hydrogen-bond acceptors (Lipinski definition) is 3. The summed E-state index contributed by atoms with van der Waals surface area (Å²) in [4.78, 5) is 23.7. The van der Waals surface area contributed by atoms with Gasteiger partial charge in [-0.2, -0.15) is 4.57 Å². The third kappa shape index (κ3) is 4.73. The molecule has 0 N–H and O–H groups in total. The number of hydrogen-bond donors (Lipinski definition) is 0. The van der Waals surface area contributed by atoms with Gasteiger partial charge in [0.25, 0.3) is 0 Å². The molecule has 0 radical (unpaired) electrons. The highest BCUT2D eigenvalue weighted by atomic mass is 79.9. The summed E-state index contributed by atoms with van der Waals surface area (Å²) in [6, 6.07) is 8.65. The van der Waals surface area contributed by atoms with E-state index in [0.717, 1.165) is 0 Å². The number of halogens is 2. The van der Waals surface area contributed by atoms with Crippen molar-refractivity contribution in [1.82, 2.24) is 0 Å². The molecule has 22 heavy (non-hydrogen) atoms. The Hall–Kier alpha value is -2.08. The molecule has 0 atom stereocenters. The van der Waals surface area contributed by atoms with Gasteiger partial charge >= 0.3 is 5.97 Å². The minimum atomic E-state index is -0.430. The van der Waals surface area contributed by atoms with Crippen LogP contribution < -0.4 is 21.5 Å². The highest BCUT2D eigenvalue weighted by molar-refractivity contribution is 5.95. The van der Waals surface area contributed by atoms with Crippen LogP contribution in [0.2, 0.25) is 0 Å². The van der Waals surface area contributed by atoms with Crippen LogP contribution in [-0.4, -0.2) is 18.4 Å². The molecule has 1 heterocycles. The smallest absolute Gasteiger partial charge is 0.344 e. The van der Waals surface area contributed by atoms with Crippen molar-refractivity contribution in [3.63, 3.8) is 0 Å². The zero-order valence-corrected chi connectivity index (χ0v) is 13.5. The number of benzene rings is 1. The molecule has 2 rings (SSSR count). The molecule has 0 spiro atoms. The molecule has 1 aromatic heterocycles. The zero-order chi connectivity index (χ0) is 15.2. The molecule has 4 nitrogen and oxygen atoms in total. The molecule has 0 aliphatic carbocycles. The van der Waals surface area contributed by atoms with Gasteiger partial charge in [0, 0.05) is 11.6 Å². The Morgan fingerprint density at radius 2 is 1.82 bits per heavy atom. The molecule has 0 saturated carbocycles. The topological polar surface area (TPSA) is 47.2 Å². The first-order valence-electron chi connectivity index (χ1n) is 6.55. The first-order valence-corrected chi connectivity index (χ1v) is 6.55. The van der Waals surface area contributed by atoms with Gasteiger partial charge in [-0.25, -0.2) is 9.18 Å². The number of ether oxygens (including phenoxy) is 1. The van der Waals surface area contributed by atoms with Crippen molar-refractivity contribution in [2.45, 2.75) is 13.5 Å². The summed E-state index contributed by atoms with van der Waals surface area (Å²) in [5.41, 5.74) is 0.802. The highest BCUT2D eigenvalue weighted by Gasteiger charge is 2.15. The fraction of sp³-hybridized carbons (Fsp3) is 0.188. The lowest BCUT2D eigenvalue weighted by atomic mass is 10.1. The maximum atomic E-state index is 12.8. The SMILES string of the molecule is CCOC(=O)c1ccc[n+](CC(=O)c2ccc(F)cc2)c1.[Br-]. The molecule has 0 aliphatic rings. The van der Waals surface area contributed by atoms with Gasteiger partial charge in [0.15, 0.2) is 12.4 Å². The minimum Gasteiger partial charge on any atom is -1.00 e. The van der Waals surface area contributed by atoms with Crippen molar-refractivity contribution in [1.29, 1.82) is 0 Å². The number of ketones is 1. The van der Waals surface area contributed by atoms with Crippen LogP contribution in [0.1, 0.15) is 27.6 Å². The number of aromatic nitrogens is 1. The zero-order valence-electron chi connectivity index (χ0n) is 12.0. The van der Waals surface area contributed by atoms with Crippen molar-refractivity contribution in [2.24, 2.45) is 0 Å². The summed E-state index contributed by atoms with van der Waals surface area (Å²) in [6.45, 7) is 2.09. The highest BCUT2D eigenvalue weighted by Crippen LogP contribution is 2.04. The molecule has 6 heteroatoms. The second-order valence-electron chi connectivity index (χ2n) is 4.42. The van der Waals surface area contributed by atoms with Gasteiger partial charge < -0.3 is 21.7 Å².